The summed E-state index contributed by atoms with van der Waals surface area (Å²) in [6.07, 6.45) is 12.7. The Morgan fingerprint density at radius 3 is 2.96 bits per heavy atom. The summed E-state index contributed by atoms with van der Waals surface area (Å²) in [6, 6.07) is 8.64. The SMILES string of the molecule is O=C(CCCCCCN1C=CC=NC1N1CCCc2ccccc21)NO. The molecule has 0 aromatic heterocycles. The second-order valence-corrected chi connectivity index (χ2v) is 6.85. The third kappa shape index (κ3) is 4.64. The number of para-hydroxylation sites is 1. The van der Waals surface area contributed by atoms with Crippen LogP contribution in [0.15, 0.2) is 41.5 Å². The maximum absolute atomic E-state index is 11.0. The molecule has 0 saturated heterocycles. The van der Waals surface area contributed by atoms with E-state index in [0.717, 1.165) is 51.6 Å². The average molecular weight is 356 g/mol. The number of amides is 1. The number of hydrogen-bond acceptors (Lipinski definition) is 5. The molecule has 0 saturated carbocycles. The number of aliphatic imine (C=N–C) groups is 1. The van der Waals surface area contributed by atoms with Crippen LogP contribution in [0.3, 0.4) is 0 Å². The molecule has 1 unspecified atom stereocenters. The summed E-state index contributed by atoms with van der Waals surface area (Å²) in [5.41, 5.74) is 4.39. The van der Waals surface area contributed by atoms with Gasteiger partial charge in [0.05, 0.1) is 0 Å². The molecule has 0 fully saturated rings. The van der Waals surface area contributed by atoms with E-state index in [1.165, 1.54) is 11.3 Å². The number of rotatable bonds is 8. The second-order valence-electron chi connectivity index (χ2n) is 6.85. The summed E-state index contributed by atoms with van der Waals surface area (Å²) in [5.74, 6) is -0.304. The largest absolute Gasteiger partial charge is 0.339 e. The van der Waals surface area contributed by atoms with Gasteiger partial charge in [0.25, 0.3) is 0 Å². The molecule has 0 aliphatic carbocycles. The Bertz CT molecular complexity index is 659. The lowest BCUT2D eigenvalue weighted by molar-refractivity contribution is -0.129. The molecule has 1 aromatic rings. The number of nitrogens with zero attached hydrogens (tertiary/aromatic N) is 3. The van der Waals surface area contributed by atoms with Gasteiger partial charge in [-0.2, -0.15) is 0 Å². The van der Waals surface area contributed by atoms with Crippen LogP contribution in [0.2, 0.25) is 0 Å². The molecule has 6 heteroatoms. The van der Waals surface area contributed by atoms with Gasteiger partial charge in [-0.1, -0.05) is 31.0 Å². The Balaban J connectivity index is 1.52. The van der Waals surface area contributed by atoms with E-state index < -0.39 is 0 Å². The van der Waals surface area contributed by atoms with Crippen molar-refractivity contribution in [2.24, 2.45) is 4.99 Å². The molecule has 1 atom stereocenters. The number of nitrogens with one attached hydrogen (secondary N) is 1. The van der Waals surface area contributed by atoms with Crippen molar-refractivity contribution in [2.45, 2.75) is 51.2 Å². The number of anilines is 1. The van der Waals surface area contributed by atoms with Crippen LogP contribution in [-0.4, -0.2) is 41.6 Å². The molecule has 1 aromatic carbocycles. The maximum Gasteiger partial charge on any atom is 0.243 e. The van der Waals surface area contributed by atoms with E-state index in [4.69, 9.17) is 10.2 Å². The number of allylic oxidation sites excluding steroid dienone is 1. The zero-order chi connectivity index (χ0) is 18.2. The van der Waals surface area contributed by atoms with Crippen molar-refractivity contribution < 1.29 is 10.0 Å². The molecule has 2 heterocycles. The molecule has 3 rings (SSSR count). The van der Waals surface area contributed by atoms with Gasteiger partial charge in [0.1, 0.15) is 0 Å². The van der Waals surface area contributed by atoms with Gasteiger partial charge in [-0.3, -0.25) is 10.0 Å². The van der Waals surface area contributed by atoms with Crippen molar-refractivity contribution >= 4 is 17.8 Å². The molecule has 0 bridgehead atoms. The average Bonchev–Trinajstić information content (AvgIpc) is 2.70. The summed E-state index contributed by atoms with van der Waals surface area (Å²) in [7, 11) is 0. The van der Waals surface area contributed by atoms with Crippen molar-refractivity contribution in [3.8, 4) is 0 Å². The molecule has 0 spiro atoms. The van der Waals surface area contributed by atoms with Crippen molar-refractivity contribution in [3.63, 3.8) is 0 Å². The molecular weight excluding hydrogens is 328 g/mol. The predicted octanol–water partition coefficient (Wildman–Crippen LogP) is 3.08. The Kier molecular flexibility index (Phi) is 6.66. The minimum absolute atomic E-state index is 0.0293. The lowest BCUT2D eigenvalue weighted by Gasteiger charge is -2.41. The van der Waals surface area contributed by atoms with E-state index in [9.17, 15) is 4.79 Å². The molecule has 2 aliphatic rings. The fourth-order valence-corrected chi connectivity index (χ4v) is 3.68. The van der Waals surface area contributed by atoms with Crippen LogP contribution in [0.4, 0.5) is 5.69 Å². The first-order valence-corrected chi connectivity index (χ1v) is 9.53. The number of carbonyl (C=O) groups is 1. The number of aryl methyl sites for hydroxylation is 1. The first-order chi connectivity index (χ1) is 12.8. The van der Waals surface area contributed by atoms with Crippen LogP contribution in [0.25, 0.3) is 0 Å². The van der Waals surface area contributed by atoms with Gasteiger partial charge in [-0.15, -0.1) is 0 Å². The smallest absolute Gasteiger partial charge is 0.243 e. The minimum Gasteiger partial charge on any atom is -0.339 e. The number of benzene rings is 1. The Hall–Kier alpha value is -2.34. The molecule has 0 radical (unpaired) electrons. The van der Waals surface area contributed by atoms with Crippen LogP contribution in [-0.2, 0) is 11.2 Å². The molecule has 2 N–H and O–H groups in total. The maximum atomic E-state index is 11.0. The third-order valence-corrected chi connectivity index (χ3v) is 5.00. The third-order valence-electron chi connectivity index (χ3n) is 5.00. The number of hydrogen-bond donors (Lipinski definition) is 2. The Morgan fingerprint density at radius 1 is 1.23 bits per heavy atom. The molecule has 140 valence electrons. The van der Waals surface area contributed by atoms with Crippen LogP contribution in [0.5, 0.6) is 0 Å². The minimum atomic E-state index is -0.304. The van der Waals surface area contributed by atoms with Gasteiger partial charge >= 0.3 is 0 Å². The summed E-state index contributed by atoms with van der Waals surface area (Å²) in [6.45, 7) is 1.98. The monoisotopic (exact) mass is 356 g/mol. The quantitative estimate of drug-likeness (QED) is 0.427. The molecule has 1 amide bonds. The van der Waals surface area contributed by atoms with Gasteiger partial charge in [0, 0.05) is 37.6 Å². The summed E-state index contributed by atoms with van der Waals surface area (Å²) < 4.78 is 0. The van der Waals surface area contributed by atoms with E-state index in [-0.39, 0.29) is 12.2 Å². The highest BCUT2D eigenvalue weighted by Gasteiger charge is 2.27. The highest BCUT2D eigenvalue weighted by molar-refractivity contribution is 5.74. The lowest BCUT2D eigenvalue weighted by atomic mass is 10.0. The van der Waals surface area contributed by atoms with E-state index >= 15 is 0 Å². The molecule has 2 aliphatic heterocycles. The normalized spacial score (nSPS) is 18.7. The molecule has 26 heavy (non-hydrogen) atoms. The first kappa shape index (κ1) is 18.5. The first-order valence-electron chi connectivity index (χ1n) is 9.53. The van der Waals surface area contributed by atoms with Crippen molar-refractivity contribution in [3.05, 3.63) is 42.1 Å². The summed E-state index contributed by atoms with van der Waals surface area (Å²) >= 11 is 0. The lowest BCUT2D eigenvalue weighted by Crippen LogP contribution is -2.48. The van der Waals surface area contributed by atoms with Crippen molar-refractivity contribution in [1.29, 1.82) is 0 Å². The van der Waals surface area contributed by atoms with Gasteiger partial charge < -0.3 is 9.80 Å². The standard InChI is InChI=1S/C20H28N4O2/c25-19(22-26)12-3-1-2-6-14-23-15-8-13-21-20(23)24-16-7-10-17-9-4-5-11-18(17)24/h4-5,8-9,11,13,15,20,26H,1-3,6-7,10,12,14,16H2,(H,22,25). The van der Waals surface area contributed by atoms with Gasteiger partial charge in [-0.05, 0) is 43.4 Å². The fraction of sp³-hybridized carbons (Fsp3) is 0.500. The molecule has 6 nitrogen and oxygen atoms in total. The van der Waals surface area contributed by atoms with Crippen LogP contribution >= 0.6 is 0 Å². The van der Waals surface area contributed by atoms with E-state index in [2.05, 4.69) is 40.3 Å². The van der Waals surface area contributed by atoms with E-state index in [1.54, 1.807) is 5.48 Å². The van der Waals surface area contributed by atoms with Gasteiger partial charge in [0.15, 0.2) is 6.29 Å². The number of fused-ring (bicyclic) bond motifs is 1. The van der Waals surface area contributed by atoms with Crippen molar-refractivity contribution in [1.82, 2.24) is 10.4 Å². The summed E-state index contributed by atoms with van der Waals surface area (Å²) in [5, 5.41) is 8.50. The highest BCUT2D eigenvalue weighted by atomic mass is 16.5. The zero-order valence-corrected chi connectivity index (χ0v) is 15.2. The number of hydroxylamine groups is 1. The van der Waals surface area contributed by atoms with Crippen LogP contribution in [0.1, 0.15) is 44.1 Å². The summed E-state index contributed by atoms with van der Waals surface area (Å²) in [4.78, 5) is 20.5. The van der Waals surface area contributed by atoms with Crippen LogP contribution < -0.4 is 10.4 Å². The zero-order valence-electron chi connectivity index (χ0n) is 15.2. The highest BCUT2D eigenvalue weighted by Crippen LogP contribution is 2.30. The number of unbranched alkanes of at least 4 members (excludes halogenated alkanes) is 3. The van der Waals surface area contributed by atoms with Crippen LogP contribution in [0, 0.1) is 0 Å². The van der Waals surface area contributed by atoms with Gasteiger partial charge in [-0.25, -0.2) is 10.5 Å². The van der Waals surface area contributed by atoms with Crippen molar-refractivity contribution in [2.75, 3.05) is 18.0 Å². The fourth-order valence-electron chi connectivity index (χ4n) is 3.68. The Morgan fingerprint density at radius 2 is 2.08 bits per heavy atom. The molecular formula is C20H28N4O2. The second kappa shape index (κ2) is 9.38. The predicted molar refractivity (Wildman–Crippen MR) is 103 cm³/mol. The number of carbonyl (C=O) groups excluding carboxylic acids is 1. The van der Waals surface area contributed by atoms with Gasteiger partial charge in [0.2, 0.25) is 5.91 Å². The topological polar surface area (TPSA) is 68.2 Å². The van der Waals surface area contributed by atoms with E-state index in [0.29, 0.717) is 6.42 Å². The Labute approximate surface area is 155 Å². The van der Waals surface area contributed by atoms with E-state index in [1.807, 2.05) is 12.3 Å².